The first kappa shape index (κ1) is 13.3. The molecule has 0 aliphatic rings. The quantitative estimate of drug-likeness (QED) is 0.746. The molecule has 0 bridgehead atoms. The van der Waals surface area contributed by atoms with Gasteiger partial charge in [-0.3, -0.25) is 4.98 Å². The molecule has 3 heterocycles. The first-order valence-corrected chi connectivity index (χ1v) is 8.14. The zero-order valence-electron chi connectivity index (χ0n) is 11.1. The number of nitrogens with one attached hydrogen (secondary N) is 1. The van der Waals surface area contributed by atoms with E-state index in [0.29, 0.717) is 0 Å². The Balaban J connectivity index is 1.92. The summed E-state index contributed by atoms with van der Waals surface area (Å²) in [5.41, 5.74) is 1.92. The standard InChI is InChI=1S/C13H13N5S2/c1-8(9-3-5-14-6-4-9)17-11-10-12(16-7-15-11)18-13(19-2)20-10/h3-8H,1-2H3,(H,15,16,17). The summed E-state index contributed by atoms with van der Waals surface area (Å²) in [7, 11) is 0. The zero-order valence-corrected chi connectivity index (χ0v) is 12.7. The number of thioether (sulfide) groups is 1. The highest BCUT2D eigenvalue weighted by Gasteiger charge is 2.12. The Morgan fingerprint density at radius 1 is 1.25 bits per heavy atom. The van der Waals surface area contributed by atoms with E-state index in [2.05, 4.69) is 32.2 Å². The molecule has 1 N–H and O–H groups in total. The molecule has 102 valence electrons. The lowest BCUT2D eigenvalue weighted by Gasteiger charge is -2.14. The molecule has 20 heavy (non-hydrogen) atoms. The predicted molar refractivity (Wildman–Crippen MR) is 83.3 cm³/mol. The third-order valence-electron chi connectivity index (χ3n) is 2.91. The van der Waals surface area contributed by atoms with Crippen LogP contribution >= 0.6 is 23.1 Å². The fraction of sp³-hybridized carbons (Fsp3) is 0.231. The largest absolute Gasteiger partial charge is 0.362 e. The molecule has 3 aromatic rings. The van der Waals surface area contributed by atoms with E-state index >= 15 is 0 Å². The van der Waals surface area contributed by atoms with Gasteiger partial charge in [0, 0.05) is 12.4 Å². The van der Waals surface area contributed by atoms with Crippen molar-refractivity contribution in [3.8, 4) is 0 Å². The molecular formula is C13H13N5S2. The Morgan fingerprint density at radius 3 is 2.80 bits per heavy atom. The van der Waals surface area contributed by atoms with Crippen molar-refractivity contribution in [2.45, 2.75) is 17.3 Å². The van der Waals surface area contributed by atoms with Crippen LogP contribution in [0.15, 0.2) is 35.2 Å². The Hall–Kier alpha value is -1.73. The lowest BCUT2D eigenvalue weighted by atomic mass is 10.1. The number of aromatic nitrogens is 4. The summed E-state index contributed by atoms with van der Waals surface area (Å²) in [6.07, 6.45) is 7.15. The summed E-state index contributed by atoms with van der Waals surface area (Å²) < 4.78 is 2.00. The fourth-order valence-corrected chi connectivity index (χ4v) is 3.33. The SMILES string of the molecule is CSc1nc2ncnc(NC(C)c3ccncc3)c2s1. The number of pyridine rings is 1. The summed E-state index contributed by atoms with van der Waals surface area (Å²) in [5, 5.41) is 3.42. The molecule has 0 aliphatic carbocycles. The highest BCUT2D eigenvalue weighted by atomic mass is 32.2. The van der Waals surface area contributed by atoms with E-state index in [4.69, 9.17) is 0 Å². The molecule has 0 saturated heterocycles. The summed E-state index contributed by atoms with van der Waals surface area (Å²) in [6.45, 7) is 2.10. The number of fused-ring (bicyclic) bond motifs is 1. The zero-order chi connectivity index (χ0) is 13.9. The van der Waals surface area contributed by atoms with Gasteiger partial charge in [-0.1, -0.05) is 11.8 Å². The van der Waals surface area contributed by atoms with Crippen molar-refractivity contribution in [1.29, 1.82) is 0 Å². The molecular weight excluding hydrogens is 290 g/mol. The molecule has 7 heteroatoms. The second-order valence-corrected chi connectivity index (χ2v) is 6.26. The fourth-order valence-electron chi connectivity index (χ4n) is 1.87. The smallest absolute Gasteiger partial charge is 0.176 e. The predicted octanol–water partition coefficient (Wildman–Crippen LogP) is 3.38. The van der Waals surface area contributed by atoms with Crippen molar-refractivity contribution in [3.63, 3.8) is 0 Å². The minimum Gasteiger partial charge on any atom is -0.362 e. The van der Waals surface area contributed by atoms with Gasteiger partial charge in [0.05, 0.1) is 6.04 Å². The van der Waals surface area contributed by atoms with Gasteiger partial charge >= 0.3 is 0 Å². The van der Waals surface area contributed by atoms with Crippen LogP contribution in [0.1, 0.15) is 18.5 Å². The number of hydrogen-bond donors (Lipinski definition) is 1. The van der Waals surface area contributed by atoms with Crippen LogP contribution in [0, 0.1) is 0 Å². The van der Waals surface area contributed by atoms with Gasteiger partial charge < -0.3 is 5.32 Å². The highest BCUT2D eigenvalue weighted by molar-refractivity contribution is 8.00. The van der Waals surface area contributed by atoms with Gasteiger partial charge in [0.15, 0.2) is 9.99 Å². The van der Waals surface area contributed by atoms with E-state index in [1.165, 1.54) is 5.56 Å². The number of hydrogen-bond acceptors (Lipinski definition) is 7. The summed E-state index contributed by atoms with van der Waals surface area (Å²) in [4.78, 5) is 17.0. The van der Waals surface area contributed by atoms with Crippen molar-refractivity contribution in [2.75, 3.05) is 11.6 Å². The maximum atomic E-state index is 4.45. The Morgan fingerprint density at radius 2 is 2.05 bits per heavy atom. The molecule has 0 spiro atoms. The molecule has 0 aromatic carbocycles. The Bertz CT molecular complexity index is 713. The maximum Gasteiger partial charge on any atom is 0.176 e. The molecule has 0 fully saturated rings. The molecule has 3 aromatic heterocycles. The molecule has 0 radical (unpaired) electrons. The molecule has 1 atom stereocenters. The molecule has 0 saturated carbocycles. The number of anilines is 1. The molecule has 1 unspecified atom stereocenters. The average molecular weight is 303 g/mol. The van der Waals surface area contributed by atoms with Gasteiger partial charge in [-0.15, -0.1) is 11.3 Å². The first-order chi connectivity index (χ1) is 9.78. The van der Waals surface area contributed by atoms with E-state index in [1.807, 2.05) is 18.4 Å². The minimum atomic E-state index is 0.149. The topological polar surface area (TPSA) is 63.6 Å². The van der Waals surface area contributed by atoms with E-state index in [-0.39, 0.29) is 6.04 Å². The van der Waals surface area contributed by atoms with Gasteiger partial charge in [-0.05, 0) is 30.9 Å². The lowest BCUT2D eigenvalue weighted by Crippen LogP contribution is -2.08. The third kappa shape index (κ3) is 2.59. The average Bonchev–Trinajstić information content (AvgIpc) is 2.92. The minimum absolute atomic E-state index is 0.149. The lowest BCUT2D eigenvalue weighted by molar-refractivity contribution is 0.872. The monoisotopic (exact) mass is 303 g/mol. The summed E-state index contributed by atoms with van der Waals surface area (Å²) >= 11 is 3.24. The first-order valence-electron chi connectivity index (χ1n) is 6.10. The van der Waals surface area contributed by atoms with Crippen LogP contribution < -0.4 is 5.32 Å². The van der Waals surface area contributed by atoms with Crippen LogP contribution in [0.3, 0.4) is 0 Å². The second-order valence-electron chi connectivity index (χ2n) is 4.21. The van der Waals surface area contributed by atoms with Crippen LogP contribution in [-0.2, 0) is 0 Å². The van der Waals surface area contributed by atoms with Crippen molar-refractivity contribution < 1.29 is 0 Å². The van der Waals surface area contributed by atoms with Crippen LogP contribution in [0.2, 0.25) is 0 Å². The van der Waals surface area contributed by atoms with Crippen molar-refractivity contribution in [3.05, 3.63) is 36.4 Å². The van der Waals surface area contributed by atoms with Crippen LogP contribution in [0.4, 0.5) is 5.82 Å². The van der Waals surface area contributed by atoms with E-state index < -0.39 is 0 Å². The number of thiazole rings is 1. The maximum absolute atomic E-state index is 4.45. The van der Waals surface area contributed by atoms with Gasteiger partial charge in [0.2, 0.25) is 0 Å². The van der Waals surface area contributed by atoms with Gasteiger partial charge in [-0.25, -0.2) is 15.0 Å². The number of nitrogens with zero attached hydrogens (tertiary/aromatic N) is 4. The van der Waals surface area contributed by atoms with Gasteiger partial charge in [0.25, 0.3) is 0 Å². The summed E-state index contributed by atoms with van der Waals surface area (Å²) in [6, 6.07) is 4.14. The molecule has 3 rings (SSSR count). The van der Waals surface area contributed by atoms with Crippen molar-refractivity contribution >= 4 is 39.3 Å². The number of rotatable bonds is 4. The molecule has 0 aliphatic heterocycles. The van der Waals surface area contributed by atoms with Crippen molar-refractivity contribution in [1.82, 2.24) is 19.9 Å². The Kier molecular flexibility index (Phi) is 3.79. The highest BCUT2D eigenvalue weighted by Crippen LogP contribution is 2.32. The van der Waals surface area contributed by atoms with Gasteiger partial charge in [-0.2, -0.15) is 0 Å². The van der Waals surface area contributed by atoms with E-state index in [9.17, 15) is 0 Å². The van der Waals surface area contributed by atoms with Gasteiger partial charge in [0.1, 0.15) is 16.8 Å². The van der Waals surface area contributed by atoms with E-state index in [0.717, 1.165) is 20.5 Å². The molecule has 0 amide bonds. The normalized spacial score (nSPS) is 12.5. The van der Waals surface area contributed by atoms with E-state index in [1.54, 1.807) is 41.8 Å². The van der Waals surface area contributed by atoms with Crippen LogP contribution in [0.5, 0.6) is 0 Å². The summed E-state index contributed by atoms with van der Waals surface area (Å²) in [5.74, 6) is 0.831. The van der Waals surface area contributed by atoms with Crippen LogP contribution in [0.25, 0.3) is 10.3 Å². The van der Waals surface area contributed by atoms with Crippen LogP contribution in [-0.4, -0.2) is 26.2 Å². The van der Waals surface area contributed by atoms with Crippen molar-refractivity contribution in [2.24, 2.45) is 0 Å². The second kappa shape index (κ2) is 5.72. The Labute approximate surface area is 124 Å². The third-order valence-corrected chi connectivity index (χ3v) is 4.94. The molecule has 5 nitrogen and oxygen atoms in total.